The van der Waals surface area contributed by atoms with Crippen LogP contribution < -0.4 is 5.32 Å². The number of guanidine groups is 1. The third-order valence-electron chi connectivity index (χ3n) is 5.80. The summed E-state index contributed by atoms with van der Waals surface area (Å²) in [6.07, 6.45) is 3.44. The predicted molar refractivity (Wildman–Crippen MR) is 104 cm³/mol. The van der Waals surface area contributed by atoms with E-state index in [0.29, 0.717) is 0 Å². The highest BCUT2D eigenvalue weighted by molar-refractivity contribution is 5.80. The summed E-state index contributed by atoms with van der Waals surface area (Å²) in [5, 5.41) is 3.71. The number of nitrogens with one attached hydrogen (secondary N) is 1. The maximum Gasteiger partial charge on any atom is 0.193 e. The maximum atomic E-state index is 5.66. The number of nitrogens with zero attached hydrogens (tertiary/aromatic N) is 2. The summed E-state index contributed by atoms with van der Waals surface area (Å²) in [5.41, 5.74) is 1.56. The molecule has 2 aliphatic heterocycles. The van der Waals surface area contributed by atoms with Crippen LogP contribution in [0.2, 0.25) is 0 Å². The molecule has 0 spiro atoms. The first kappa shape index (κ1) is 18.2. The number of hydrogen-bond donors (Lipinski definition) is 1. The van der Waals surface area contributed by atoms with Crippen LogP contribution in [0.3, 0.4) is 0 Å². The van der Waals surface area contributed by atoms with E-state index in [4.69, 9.17) is 4.74 Å². The van der Waals surface area contributed by atoms with E-state index < -0.39 is 0 Å². The highest BCUT2D eigenvalue weighted by atomic mass is 16.5. The third kappa shape index (κ3) is 4.35. The number of hydrogen-bond acceptors (Lipinski definition) is 2. The molecule has 0 aromatic heterocycles. The van der Waals surface area contributed by atoms with Gasteiger partial charge in [-0.3, -0.25) is 4.99 Å². The van der Waals surface area contributed by atoms with Crippen LogP contribution in [-0.2, 0) is 10.2 Å². The first-order valence-electron chi connectivity index (χ1n) is 9.72. The minimum absolute atomic E-state index is 0.141. The zero-order valence-corrected chi connectivity index (χ0v) is 16.0. The number of ether oxygens (including phenoxy) is 1. The molecule has 2 fully saturated rings. The fourth-order valence-electron chi connectivity index (χ4n) is 4.54. The molecule has 1 aromatic carbocycles. The van der Waals surface area contributed by atoms with Crippen LogP contribution in [0.25, 0.3) is 0 Å². The molecule has 0 amide bonds. The fourth-order valence-corrected chi connectivity index (χ4v) is 4.54. The lowest BCUT2D eigenvalue weighted by molar-refractivity contribution is 0.0510. The third-order valence-corrected chi connectivity index (χ3v) is 5.80. The van der Waals surface area contributed by atoms with Crippen LogP contribution in [-0.4, -0.2) is 50.8 Å². The smallest absolute Gasteiger partial charge is 0.193 e. The van der Waals surface area contributed by atoms with E-state index >= 15 is 0 Å². The zero-order chi connectivity index (χ0) is 17.7. The minimum Gasteiger partial charge on any atom is -0.381 e. The Balaban J connectivity index is 1.72. The Morgan fingerprint density at radius 2 is 1.80 bits per heavy atom. The predicted octanol–water partition coefficient (Wildman–Crippen LogP) is 3.29. The molecule has 2 aliphatic rings. The van der Waals surface area contributed by atoms with E-state index in [0.717, 1.165) is 63.5 Å². The molecule has 4 nitrogen and oxygen atoms in total. The van der Waals surface area contributed by atoms with E-state index in [1.165, 1.54) is 12.0 Å². The molecule has 2 saturated heterocycles. The van der Waals surface area contributed by atoms with Gasteiger partial charge in [0, 0.05) is 45.3 Å². The highest BCUT2D eigenvalue weighted by Crippen LogP contribution is 2.34. The summed E-state index contributed by atoms with van der Waals surface area (Å²) >= 11 is 0. The second-order valence-corrected chi connectivity index (χ2v) is 8.01. The quantitative estimate of drug-likeness (QED) is 0.676. The van der Waals surface area contributed by atoms with Crippen molar-refractivity contribution in [1.29, 1.82) is 0 Å². The monoisotopic (exact) mass is 343 g/mol. The summed E-state index contributed by atoms with van der Waals surface area (Å²) < 4.78 is 5.66. The van der Waals surface area contributed by atoms with Gasteiger partial charge < -0.3 is 15.0 Å². The number of piperidine rings is 1. The molecule has 0 aliphatic carbocycles. The zero-order valence-electron chi connectivity index (χ0n) is 16.0. The van der Waals surface area contributed by atoms with Crippen LogP contribution in [0.15, 0.2) is 35.3 Å². The lowest BCUT2D eigenvalue weighted by atomic mass is 9.74. The Kier molecular flexibility index (Phi) is 6.00. The summed E-state index contributed by atoms with van der Waals surface area (Å²) in [5.74, 6) is 2.52. The highest BCUT2D eigenvalue weighted by Gasteiger charge is 2.35. The molecule has 1 N–H and O–H groups in total. The maximum absolute atomic E-state index is 5.66. The number of aliphatic imine (C=N–C) groups is 1. The van der Waals surface area contributed by atoms with Crippen LogP contribution in [0.1, 0.15) is 38.7 Å². The van der Waals surface area contributed by atoms with Gasteiger partial charge >= 0.3 is 0 Å². The average Bonchev–Trinajstić information content (AvgIpc) is 2.63. The van der Waals surface area contributed by atoms with Crippen molar-refractivity contribution in [3.05, 3.63) is 35.9 Å². The molecule has 2 unspecified atom stereocenters. The number of rotatable bonds is 3. The van der Waals surface area contributed by atoms with Gasteiger partial charge in [-0.1, -0.05) is 44.2 Å². The van der Waals surface area contributed by atoms with Gasteiger partial charge in [0.15, 0.2) is 5.96 Å². The lowest BCUT2D eigenvalue weighted by Crippen LogP contribution is -2.52. The van der Waals surface area contributed by atoms with Gasteiger partial charge in [-0.25, -0.2) is 0 Å². The molecule has 0 bridgehead atoms. The van der Waals surface area contributed by atoms with Gasteiger partial charge in [0.1, 0.15) is 0 Å². The summed E-state index contributed by atoms with van der Waals surface area (Å²) in [4.78, 5) is 7.03. The van der Waals surface area contributed by atoms with Gasteiger partial charge in [-0.2, -0.15) is 0 Å². The summed E-state index contributed by atoms with van der Waals surface area (Å²) in [7, 11) is 1.91. The van der Waals surface area contributed by atoms with E-state index in [1.807, 2.05) is 7.05 Å². The molecular formula is C21H33N3O. The molecule has 138 valence electrons. The van der Waals surface area contributed by atoms with E-state index in [9.17, 15) is 0 Å². The fraction of sp³-hybridized carbons (Fsp3) is 0.667. The van der Waals surface area contributed by atoms with Crippen LogP contribution in [0.5, 0.6) is 0 Å². The van der Waals surface area contributed by atoms with Crippen molar-refractivity contribution in [1.82, 2.24) is 10.2 Å². The molecular weight excluding hydrogens is 310 g/mol. The molecule has 1 aromatic rings. The molecule has 2 heterocycles. The van der Waals surface area contributed by atoms with E-state index in [2.05, 4.69) is 59.4 Å². The van der Waals surface area contributed by atoms with Gasteiger partial charge in [0.2, 0.25) is 0 Å². The minimum atomic E-state index is 0.141. The van der Waals surface area contributed by atoms with Crippen molar-refractivity contribution >= 4 is 5.96 Å². The second-order valence-electron chi connectivity index (χ2n) is 8.01. The van der Waals surface area contributed by atoms with Crippen LogP contribution in [0, 0.1) is 11.8 Å². The van der Waals surface area contributed by atoms with Gasteiger partial charge in [-0.05, 0) is 36.7 Å². The van der Waals surface area contributed by atoms with Gasteiger partial charge in [0.25, 0.3) is 0 Å². The van der Waals surface area contributed by atoms with Crippen LogP contribution in [0.4, 0.5) is 0 Å². The molecule has 4 heteroatoms. The first-order valence-corrected chi connectivity index (χ1v) is 9.72. The topological polar surface area (TPSA) is 36.9 Å². The summed E-state index contributed by atoms with van der Waals surface area (Å²) in [6, 6.07) is 10.9. The normalized spacial score (nSPS) is 27.2. The largest absolute Gasteiger partial charge is 0.381 e. The number of likely N-dealkylation sites (tertiary alicyclic amines) is 1. The van der Waals surface area contributed by atoms with Crippen molar-refractivity contribution < 1.29 is 4.74 Å². The van der Waals surface area contributed by atoms with Gasteiger partial charge in [-0.15, -0.1) is 0 Å². The molecule has 2 atom stereocenters. The Morgan fingerprint density at radius 3 is 2.40 bits per heavy atom. The summed E-state index contributed by atoms with van der Waals surface area (Å²) in [6.45, 7) is 9.50. The van der Waals surface area contributed by atoms with Crippen molar-refractivity contribution in [3.63, 3.8) is 0 Å². The first-order chi connectivity index (χ1) is 12.1. The Labute approximate surface area is 152 Å². The van der Waals surface area contributed by atoms with Crippen LogP contribution >= 0.6 is 0 Å². The lowest BCUT2D eigenvalue weighted by Gasteiger charge is -2.41. The Morgan fingerprint density at radius 1 is 1.16 bits per heavy atom. The van der Waals surface area contributed by atoms with Crippen molar-refractivity contribution in [2.45, 2.75) is 38.5 Å². The standard InChI is InChI=1S/C21H33N3O/c1-17-13-18(2)15-24(14-17)20(22-3)23-16-21(9-11-25-12-10-21)19-7-5-4-6-8-19/h4-8,17-18H,9-16H2,1-3H3,(H,22,23). The van der Waals surface area contributed by atoms with E-state index in [1.54, 1.807) is 0 Å². The van der Waals surface area contributed by atoms with Crippen molar-refractivity contribution in [2.24, 2.45) is 16.8 Å². The molecule has 3 rings (SSSR count). The molecule has 0 radical (unpaired) electrons. The van der Waals surface area contributed by atoms with E-state index in [-0.39, 0.29) is 5.41 Å². The molecule has 0 saturated carbocycles. The number of benzene rings is 1. The Bertz CT molecular complexity index is 556. The van der Waals surface area contributed by atoms with Crippen molar-refractivity contribution in [3.8, 4) is 0 Å². The Hall–Kier alpha value is -1.55. The SMILES string of the molecule is CN=C(NCC1(c2ccccc2)CCOCC1)N1CC(C)CC(C)C1. The average molecular weight is 344 g/mol. The molecule has 25 heavy (non-hydrogen) atoms. The second kappa shape index (κ2) is 8.22. The van der Waals surface area contributed by atoms with Gasteiger partial charge in [0.05, 0.1) is 0 Å². The van der Waals surface area contributed by atoms with Crippen molar-refractivity contribution in [2.75, 3.05) is 39.9 Å².